The molecule has 3 aromatic rings. The molecule has 1 aromatic carbocycles. The van der Waals surface area contributed by atoms with E-state index in [0.29, 0.717) is 34.4 Å². The van der Waals surface area contributed by atoms with Crippen LogP contribution in [0.1, 0.15) is 33.8 Å². The van der Waals surface area contributed by atoms with Crippen molar-refractivity contribution in [2.75, 3.05) is 17.8 Å². The Hall–Kier alpha value is -2.86. The fourth-order valence-corrected chi connectivity index (χ4v) is 5.85. The molecule has 0 atom stereocenters. The van der Waals surface area contributed by atoms with E-state index in [1.807, 2.05) is 0 Å². The number of benzene rings is 1. The molecule has 176 valence electrons. The second kappa shape index (κ2) is 8.49. The SMILES string of the molecule is Cc1nc(-c2cc(S(=O)(=O)Nc3cccc(C(F)(F)F)c3)cn2C)sc1C(=O)N1CCCC1. The highest BCUT2D eigenvalue weighted by Gasteiger charge is 2.31. The number of sulfonamides is 1. The molecule has 7 nitrogen and oxygen atoms in total. The van der Waals surface area contributed by atoms with Crippen LogP contribution in [0.15, 0.2) is 41.4 Å². The summed E-state index contributed by atoms with van der Waals surface area (Å²) in [6, 6.07) is 5.37. The highest BCUT2D eigenvalue weighted by molar-refractivity contribution is 7.92. The van der Waals surface area contributed by atoms with Crippen molar-refractivity contribution in [3.63, 3.8) is 0 Å². The van der Waals surface area contributed by atoms with Crippen LogP contribution in [0, 0.1) is 6.92 Å². The number of aromatic nitrogens is 2. The van der Waals surface area contributed by atoms with Crippen LogP contribution in [0.5, 0.6) is 0 Å². The Balaban J connectivity index is 1.61. The molecule has 3 heterocycles. The van der Waals surface area contributed by atoms with Crippen LogP contribution in [-0.2, 0) is 23.2 Å². The summed E-state index contributed by atoms with van der Waals surface area (Å²) in [7, 11) is -2.52. The van der Waals surface area contributed by atoms with E-state index < -0.39 is 21.8 Å². The molecule has 4 rings (SSSR count). The monoisotopic (exact) mass is 498 g/mol. The van der Waals surface area contributed by atoms with Crippen LogP contribution in [0.25, 0.3) is 10.7 Å². The van der Waals surface area contributed by atoms with Crippen LogP contribution in [0.2, 0.25) is 0 Å². The predicted molar refractivity (Wildman–Crippen MR) is 119 cm³/mol. The quantitative estimate of drug-likeness (QED) is 0.561. The van der Waals surface area contributed by atoms with E-state index in [1.54, 1.807) is 23.4 Å². The molecule has 33 heavy (non-hydrogen) atoms. The third kappa shape index (κ3) is 4.76. The van der Waals surface area contributed by atoms with E-state index in [0.717, 1.165) is 31.0 Å². The lowest BCUT2D eigenvalue weighted by Crippen LogP contribution is -2.27. The van der Waals surface area contributed by atoms with E-state index in [9.17, 15) is 26.4 Å². The standard InChI is InChI=1S/C21H21F3N4O3S2/c1-13-18(20(29)28-8-3-4-9-28)32-19(25-13)17-11-16(12-27(17)2)33(30,31)26-15-7-5-6-14(10-15)21(22,23)24/h5-7,10-12,26H,3-4,8-9H2,1-2H3. The summed E-state index contributed by atoms with van der Waals surface area (Å²) < 4.78 is 68.2. The Bertz CT molecular complexity index is 1310. The molecule has 0 saturated carbocycles. The molecule has 12 heteroatoms. The van der Waals surface area contributed by atoms with Crippen molar-refractivity contribution in [1.29, 1.82) is 0 Å². The smallest absolute Gasteiger partial charge is 0.347 e. The first-order valence-corrected chi connectivity index (χ1v) is 12.4. The van der Waals surface area contributed by atoms with Gasteiger partial charge in [-0.25, -0.2) is 13.4 Å². The zero-order valence-corrected chi connectivity index (χ0v) is 19.4. The average Bonchev–Trinajstić information content (AvgIpc) is 3.47. The second-order valence-electron chi connectivity index (χ2n) is 7.79. The van der Waals surface area contributed by atoms with Gasteiger partial charge in [0.05, 0.1) is 17.0 Å². The van der Waals surface area contributed by atoms with Crippen molar-refractivity contribution in [3.05, 3.63) is 52.7 Å². The lowest BCUT2D eigenvalue weighted by molar-refractivity contribution is -0.137. The molecule has 0 unspecified atom stereocenters. The van der Waals surface area contributed by atoms with E-state index in [4.69, 9.17) is 0 Å². The Morgan fingerprint density at radius 2 is 1.88 bits per heavy atom. The molecular weight excluding hydrogens is 477 g/mol. The highest BCUT2D eigenvalue weighted by atomic mass is 32.2. The summed E-state index contributed by atoms with van der Waals surface area (Å²) in [6.07, 6.45) is -1.30. The minimum absolute atomic E-state index is 0.0815. The minimum Gasteiger partial charge on any atom is -0.347 e. The number of halogens is 3. The van der Waals surface area contributed by atoms with Crippen molar-refractivity contribution in [2.45, 2.75) is 30.8 Å². The van der Waals surface area contributed by atoms with E-state index in [-0.39, 0.29) is 16.5 Å². The number of carbonyl (C=O) groups is 1. The average molecular weight is 499 g/mol. The number of amides is 1. The molecule has 0 radical (unpaired) electrons. The molecule has 1 saturated heterocycles. The Morgan fingerprint density at radius 1 is 1.18 bits per heavy atom. The second-order valence-corrected chi connectivity index (χ2v) is 10.5. The Labute approximate surface area is 192 Å². The van der Waals surface area contributed by atoms with Gasteiger partial charge < -0.3 is 9.47 Å². The first kappa shape index (κ1) is 23.3. The van der Waals surface area contributed by atoms with Gasteiger partial charge in [0.2, 0.25) is 0 Å². The summed E-state index contributed by atoms with van der Waals surface area (Å²) >= 11 is 1.19. The van der Waals surface area contributed by atoms with Gasteiger partial charge in [-0.2, -0.15) is 13.2 Å². The van der Waals surface area contributed by atoms with Gasteiger partial charge in [0, 0.05) is 32.0 Å². The molecule has 2 aromatic heterocycles. The van der Waals surface area contributed by atoms with Crippen LogP contribution in [0.4, 0.5) is 18.9 Å². The number of nitrogens with one attached hydrogen (secondary N) is 1. The number of aryl methyl sites for hydroxylation is 2. The molecule has 1 aliphatic heterocycles. The number of alkyl halides is 3. The molecule has 1 aliphatic rings. The van der Waals surface area contributed by atoms with Crippen LogP contribution >= 0.6 is 11.3 Å². The largest absolute Gasteiger partial charge is 0.416 e. The normalized spacial score (nSPS) is 14.6. The molecule has 0 spiro atoms. The summed E-state index contributed by atoms with van der Waals surface area (Å²) in [6.45, 7) is 3.15. The Kier molecular flexibility index (Phi) is 5.99. The number of hydrogen-bond donors (Lipinski definition) is 1. The summed E-state index contributed by atoms with van der Waals surface area (Å²) in [5.74, 6) is -0.0815. The first-order chi connectivity index (χ1) is 15.5. The maximum absolute atomic E-state index is 12.9. The van der Waals surface area contributed by atoms with Crippen molar-refractivity contribution < 1.29 is 26.4 Å². The van der Waals surface area contributed by atoms with Gasteiger partial charge >= 0.3 is 6.18 Å². The third-order valence-electron chi connectivity index (χ3n) is 5.34. The lowest BCUT2D eigenvalue weighted by atomic mass is 10.2. The number of carbonyl (C=O) groups excluding carboxylic acids is 1. The van der Waals surface area contributed by atoms with Gasteiger partial charge in [0.25, 0.3) is 15.9 Å². The molecule has 1 amide bonds. The summed E-state index contributed by atoms with van der Waals surface area (Å²) in [5, 5.41) is 0.484. The third-order valence-corrected chi connectivity index (χ3v) is 7.85. The van der Waals surface area contributed by atoms with Crippen molar-refractivity contribution in [3.8, 4) is 10.7 Å². The zero-order chi connectivity index (χ0) is 24.0. The first-order valence-electron chi connectivity index (χ1n) is 10.1. The zero-order valence-electron chi connectivity index (χ0n) is 17.8. The molecule has 0 aliphatic carbocycles. The summed E-state index contributed by atoms with van der Waals surface area (Å²) in [4.78, 5) is 19.4. The number of anilines is 1. The van der Waals surface area contributed by atoms with Crippen molar-refractivity contribution >= 4 is 33.0 Å². The molecular formula is C21H21F3N4O3S2. The van der Waals surface area contributed by atoms with Crippen molar-refractivity contribution in [1.82, 2.24) is 14.5 Å². The number of likely N-dealkylation sites (tertiary alicyclic amines) is 1. The number of nitrogens with zero attached hydrogens (tertiary/aromatic N) is 3. The minimum atomic E-state index is -4.59. The number of rotatable bonds is 5. The topological polar surface area (TPSA) is 84.3 Å². The number of thiazole rings is 1. The van der Waals surface area contributed by atoms with Gasteiger partial charge in [-0.15, -0.1) is 11.3 Å². The Morgan fingerprint density at radius 3 is 2.55 bits per heavy atom. The lowest BCUT2D eigenvalue weighted by Gasteiger charge is -2.13. The maximum atomic E-state index is 12.9. The fraction of sp³-hybridized carbons (Fsp3) is 0.333. The number of hydrogen-bond acceptors (Lipinski definition) is 5. The molecule has 1 N–H and O–H groups in total. The van der Waals surface area contributed by atoms with Crippen LogP contribution < -0.4 is 4.72 Å². The highest BCUT2D eigenvalue weighted by Crippen LogP contribution is 2.33. The van der Waals surface area contributed by atoms with Crippen LogP contribution in [-0.4, -0.2) is 41.9 Å². The maximum Gasteiger partial charge on any atom is 0.416 e. The van der Waals surface area contributed by atoms with Crippen LogP contribution in [0.3, 0.4) is 0 Å². The van der Waals surface area contributed by atoms with Gasteiger partial charge in [-0.05, 0) is 44.0 Å². The van der Waals surface area contributed by atoms with Gasteiger partial charge in [0.15, 0.2) is 0 Å². The van der Waals surface area contributed by atoms with Gasteiger partial charge in [-0.3, -0.25) is 9.52 Å². The fourth-order valence-electron chi connectivity index (χ4n) is 3.64. The molecule has 0 bridgehead atoms. The van der Waals surface area contributed by atoms with Gasteiger partial charge in [-0.1, -0.05) is 6.07 Å². The molecule has 1 fully saturated rings. The predicted octanol–water partition coefficient (Wildman–Crippen LogP) is 4.51. The van der Waals surface area contributed by atoms with Gasteiger partial charge in [0.1, 0.15) is 14.8 Å². The van der Waals surface area contributed by atoms with E-state index in [1.165, 1.54) is 29.7 Å². The van der Waals surface area contributed by atoms with Crippen molar-refractivity contribution in [2.24, 2.45) is 7.05 Å². The van der Waals surface area contributed by atoms with E-state index in [2.05, 4.69) is 9.71 Å². The van der Waals surface area contributed by atoms with E-state index >= 15 is 0 Å². The summed E-state index contributed by atoms with van der Waals surface area (Å²) in [5.41, 5.74) is -0.101.